The van der Waals surface area contributed by atoms with Crippen molar-refractivity contribution in [2.45, 2.75) is 39.0 Å². The number of likely N-dealkylation sites (tertiary alicyclic amines) is 1. The molecular formula is C20H31N3O3. The maximum Gasteiger partial charge on any atom is 0.226 e. The number of ether oxygens (including phenoxy) is 1. The maximum absolute atomic E-state index is 12.4. The van der Waals surface area contributed by atoms with Crippen LogP contribution in [0.2, 0.25) is 0 Å². The Labute approximate surface area is 156 Å². The highest BCUT2D eigenvalue weighted by Gasteiger charge is 2.27. The van der Waals surface area contributed by atoms with Gasteiger partial charge in [-0.1, -0.05) is 26.0 Å². The van der Waals surface area contributed by atoms with Gasteiger partial charge in [-0.05, 0) is 36.5 Å². The van der Waals surface area contributed by atoms with Gasteiger partial charge in [0, 0.05) is 26.2 Å². The molecule has 1 saturated heterocycles. The van der Waals surface area contributed by atoms with Crippen molar-refractivity contribution in [2.75, 3.05) is 32.8 Å². The molecule has 144 valence electrons. The second-order valence-electron chi connectivity index (χ2n) is 7.08. The standard InChI is InChI=1S/C20H31N3O3/c1-15(2)16-5-7-18(8-6-16)26-13-9-19(24)23-12-3-4-17(14-23)20(25)22-11-10-21/h5-8,15,17H,3-4,9-14,21H2,1-2H3,(H,22,25). The van der Waals surface area contributed by atoms with Gasteiger partial charge in [0.2, 0.25) is 11.8 Å². The van der Waals surface area contributed by atoms with Crippen LogP contribution in [0.15, 0.2) is 24.3 Å². The molecule has 1 unspecified atom stereocenters. The molecule has 1 aliphatic heterocycles. The second-order valence-corrected chi connectivity index (χ2v) is 7.08. The average molecular weight is 361 g/mol. The van der Waals surface area contributed by atoms with E-state index in [1.807, 2.05) is 12.1 Å². The van der Waals surface area contributed by atoms with E-state index in [0.29, 0.717) is 45.1 Å². The average Bonchev–Trinajstić information content (AvgIpc) is 2.66. The molecule has 1 atom stereocenters. The van der Waals surface area contributed by atoms with Crippen LogP contribution in [0, 0.1) is 5.92 Å². The van der Waals surface area contributed by atoms with Crippen molar-refractivity contribution in [1.29, 1.82) is 0 Å². The van der Waals surface area contributed by atoms with Crippen LogP contribution in [0.1, 0.15) is 44.6 Å². The molecule has 1 aliphatic rings. The third kappa shape index (κ3) is 6.02. The highest BCUT2D eigenvalue weighted by atomic mass is 16.5. The lowest BCUT2D eigenvalue weighted by molar-refractivity contribution is -0.136. The predicted octanol–water partition coefficient (Wildman–Crippen LogP) is 1.89. The molecule has 1 heterocycles. The van der Waals surface area contributed by atoms with Gasteiger partial charge in [0.15, 0.2) is 0 Å². The van der Waals surface area contributed by atoms with Crippen LogP contribution in [0.5, 0.6) is 5.75 Å². The van der Waals surface area contributed by atoms with Crippen molar-refractivity contribution in [1.82, 2.24) is 10.2 Å². The van der Waals surface area contributed by atoms with E-state index in [1.54, 1.807) is 4.90 Å². The van der Waals surface area contributed by atoms with Gasteiger partial charge in [0.05, 0.1) is 18.9 Å². The summed E-state index contributed by atoms with van der Waals surface area (Å²) in [6, 6.07) is 7.99. The van der Waals surface area contributed by atoms with Gasteiger partial charge in [-0.25, -0.2) is 0 Å². The minimum atomic E-state index is -0.135. The smallest absolute Gasteiger partial charge is 0.226 e. The highest BCUT2D eigenvalue weighted by Crippen LogP contribution is 2.20. The third-order valence-corrected chi connectivity index (χ3v) is 4.72. The number of carbonyl (C=O) groups excluding carboxylic acids is 2. The summed E-state index contributed by atoms with van der Waals surface area (Å²) in [5.41, 5.74) is 6.68. The Morgan fingerprint density at radius 1 is 1.31 bits per heavy atom. The monoisotopic (exact) mass is 361 g/mol. The summed E-state index contributed by atoms with van der Waals surface area (Å²) < 4.78 is 5.69. The molecular weight excluding hydrogens is 330 g/mol. The second kappa shape index (κ2) is 10.2. The van der Waals surface area contributed by atoms with Crippen molar-refractivity contribution < 1.29 is 14.3 Å². The normalized spacial score (nSPS) is 17.2. The number of benzene rings is 1. The highest BCUT2D eigenvalue weighted by molar-refractivity contribution is 5.81. The fourth-order valence-corrected chi connectivity index (χ4v) is 3.12. The lowest BCUT2D eigenvalue weighted by Crippen LogP contribution is -2.46. The van der Waals surface area contributed by atoms with Gasteiger partial charge in [-0.15, -0.1) is 0 Å². The number of hydrogen-bond acceptors (Lipinski definition) is 4. The zero-order valence-electron chi connectivity index (χ0n) is 15.9. The molecule has 6 heteroatoms. The summed E-state index contributed by atoms with van der Waals surface area (Å²) in [4.78, 5) is 26.3. The molecule has 1 aromatic rings. The lowest BCUT2D eigenvalue weighted by Gasteiger charge is -2.32. The Kier molecular flexibility index (Phi) is 7.91. The van der Waals surface area contributed by atoms with E-state index in [2.05, 4.69) is 31.3 Å². The third-order valence-electron chi connectivity index (χ3n) is 4.72. The van der Waals surface area contributed by atoms with Crippen LogP contribution in [-0.4, -0.2) is 49.5 Å². The van der Waals surface area contributed by atoms with E-state index >= 15 is 0 Å². The van der Waals surface area contributed by atoms with E-state index in [4.69, 9.17) is 10.5 Å². The van der Waals surface area contributed by atoms with Gasteiger partial charge >= 0.3 is 0 Å². The summed E-state index contributed by atoms with van der Waals surface area (Å²) in [6.07, 6.45) is 1.99. The van der Waals surface area contributed by atoms with E-state index < -0.39 is 0 Å². The topological polar surface area (TPSA) is 84.7 Å². The van der Waals surface area contributed by atoms with Crippen LogP contribution in [0.4, 0.5) is 0 Å². The van der Waals surface area contributed by atoms with E-state index in [9.17, 15) is 9.59 Å². The number of piperidine rings is 1. The molecule has 26 heavy (non-hydrogen) atoms. The Hall–Kier alpha value is -2.08. The van der Waals surface area contributed by atoms with Crippen LogP contribution >= 0.6 is 0 Å². The molecule has 0 saturated carbocycles. The van der Waals surface area contributed by atoms with E-state index in [1.165, 1.54) is 5.56 Å². The minimum Gasteiger partial charge on any atom is -0.493 e. The molecule has 3 N–H and O–H groups in total. The summed E-state index contributed by atoms with van der Waals surface area (Å²) in [5.74, 6) is 1.16. The Morgan fingerprint density at radius 2 is 2.04 bits per heavy atom. The molecule has 1 fully saturated rings. The molecule has 0 radical (unpaired) electrons. The maximum atomic E-state index is 12.4. The summed E-state index contributed by atoms with van der Waals surface area (Å²) in [7, 11) is 0. The van der Waals surface area contributed by atoms with Crippen molar-refractivity contribution in [3.8, 4) is 5.75 Å². The minimum absolute atomic E-state index is 0.00515. The van der Waals surface area contributed by atoms with E-state index in [-0.39, 0.29) is 17.7 Å². The predicted molar refractivity (Wildman–Crippen MR) is 102 cm³/mol. The van der Waals surface area contributed by atoms with Crippen molar-refractivity contribution in [2.24, 2.45) is 11.7 Å². The molecule has 0 aromatic heterocycles. The molecule has 0 bridgehead atoms. The van der Waals surface area contributed by atoms with Gasteiger partial charge in [0.25, 0.3) is 0 Å². The molecule has 1 aromatic carbocycles. The number of rotatable bonds is 8. The zero-order valence-corrected chi connectivity index (χ0v) is 15.9. The number of nitrogens with one attached hydrogen (secondary N) is 1. The summed E-state index contributed by atoms with van der Waals surface area (Å²) in [6.45, 7) is 6.75. The molecule has 2 rings (SSSR count). The first kappa shape index (κ1) is 20.2. The number of hydrogen-bond donors (Lipinski definition) is 2. The Morgan fingerprint density at radius 3 is 2.69 bits per heavy atom. The Balaban J connectivity index is 1.75. The van der Waals surface area contributed by atoms with Crippen molar-refractivity contribution in [3.63, 3.8) is 0 Å². The summed E-state index contributed by atoms with van der Waals surface area (Å²) >= 11 is 0. The van der Waals surface area contributed by atoms with Crippen molar-refractivity contribution >= 4 is 11.8 Å². The van der Waals surface area contributed by atoms with Gasteiger partial charge in [-0.2, -0.15) is 0 Å². The first-order chi connectivity index (χ1) is 12.5. The molecule has 0 spiro atoms. The van der Waals surface area contributed by atoms with Gasteiger partial charge in [-0.3, -0.25) is 9.59 Å². The largest absolute Gasteiger partial charge is 0.493 e. The number of carbonyl (C=O) groups is 2. The SMILES string of the molecule is CC(C)c1ccc(OCCC(=O)N2CCCC(C(=O)NCCN)C2)cc1. The van der Waals surface area contributed by atoms with Crippen LogP contribution < -0.4 is 15.8 Å². The van der Waals surface area contributed by atoms with Crippen LogP contribution in [0.3, 0.4) is 0 Å². The zero-order chi connectivity index (χ0) is 18.9. The number of nitrogens with two attached hydrogens (primary N) is 1. The number of nitrogens with zero attached hydrogens (tertiary/aromatic N) is 1. The molecule has 6 nitrogen and oxygen atoms in total. The quantitative estimate of drug-likeness (QED) is 0.740. The Bertz CT molecular complexity index is 586. The van der Waals surface area contributed by atoms with Crippen LogP contribution in [0.25, 0.3) is 0 Å². The van der Waals surface area contributed by atoms with Gasteiger partial charge < -0.3 is 20.7 Å². The van der Waals surface area contributed by atoms with E-state index in [0.717, 1.165) is 18.6 Å². The molecule has 0 aliphatic carbocycles. The van der Waals surface area contributed by atoms with Gasteiger partial charge in [0.1, 0.15) is 5.75 Å². The summed E-state index contributed by atoms with van der Waals surface area (Å²) in [5, 5.41) is 2.81. The first-order valence-electron chi connectivity index (χ1n) is 9.49. The number of amides is 2. The first-order valence-corrected chi connectivity index (χ1v) is 9.49. The fraction of sp³-hybridized carbons (Fsp3) is 0.600. The molecule has 2 amide bonds. The lowest BCUT2D eigenvalue weighted by atomic mass is 9.97. The van der Waals surface area contributed by atoms with Crippen molar-refractivity contribution in [3.05, 3.63) is 29.8 Å². The van der Waals surface area contributed by atoms with Crippen LogP contribution in [-0.2, 0) is 9.59 Å². The fourth-order valence-electron chi connectivity index (χ4n) is 3.12.